The molecule has 0 radical (unpaired) electrons. The molecule has 1 saturated carbocycles. The number of benzene rings is 1. The summed E-state index contributed by atoms with van der Waals surface area (Å²) in [6.07, 6.45) is 7.06. The van der Waals surface area contributed by atoms with Crippen LogP contribution < -0.4 is 5.32 Å². The normalized spacial score (nSPS) is 27.9. The van der Waals surface area contributed by atoms with Gasteiger partial charge in [0.2, 0.25) is 0 Å². The van der Waals surface area contributed by atoms with Crippen LogP contribution in [-0.4, -0.2) is 19.7 Å². The molecule has 3 rings (SSSR count). The third-order valence-electron chi connectivity index (χ3n) is 4.51. The van der Waals surface area contributed by atoms with E-state index in [1.54, 1.807) is 0 Å². The Kier molecular flexibility index (Phi) is 3.67. The lowest BCUT2D eigenvalue weighted by atomic mass is 9.74. The number of nitrogens with one attached hydrogen (secondary N) is 1. The molecule has 2 nitrogen and oxygen atoms in total. The van der Waals surface area contributed by atoms with Crippen LogP contribution in [0.3, 0.4) is 0 Å². The van der Waals surface area contributed by atoms with Gasteiger partial charge in [-0.2, -0.15) is 0 Å². The van der Waals surface area contributed by atoms with Gasteiger partial charge in [0.25, 0.3) is 0 Å². The van der Waals surface area contributed by atoms with Gasteiger partial charge in [0, 0.05) is 18.5 Å². The monoisotopic (exact) mass is 245 g/mol. The molecule has 1 heterocycles. The van der Waals surface area contributed by atoms with Crippen molar-refractivity contribution in [3.05, 3.63) is 35.9 Å². The summed E-state index contributed by atoms with van der Waals surface area (Å²) < 4.78 is 6.22. The van der Waals surface area contributed by atoms with Gasteiger partial charge in [-0.25, -0.2) is 0 Å². The van der Waals surface area contributed by atoms with Gasteiger partial charge in [0.05, 0.1) is 12.7 Å². The molecule has 2 fully saturated rings. The van der Waals surface area contributed by atoms with Gasteiger partial charge in [0.15, 0.2) is 0 Å². The van der Waals surface area contributed by atoms with E-state index < -0.39 is 0 Å². The summed E-state index contributed by atoms with van der Waals surface area (Å²) in [5.74, 6) is 0. The van der Waals surface area contributed by atoms with Gasteiger partial charge in [-0.05, 0) is 18.4 Å². The molecule has 0 amide bonds. The van der Waals surface area contributed by atoms with Crippen molar-refractivity contribution >= 4 is 0 Å². The van der Waals surface area contributed by atoms with Gasteiger partial charge < -0.3 is 10.1 Å². The Labute approximate surface area is 110 Å². The van der Waals surface area contributed by atoms with Crippen molar-refractivity contribution < 1.29 is 4.74 Å². The molecular weight excluding hydrogens is 222 g/mol. The van der Waals surface area contributed by atoms with Crippen LogP contribution in [0.25, 0.3) is 0 Å². The fourth-order valence-electron chi connectivity index (χ4n) is 3.36. The van der Waals surface area contributed by atoms with E-state index >= 15 is 0 Å². The van der Waals surface area contributed by atoms with Gasteiger partial charge in [-0.1, -0.05) is 49.6 Å². The molecule has 0 bridgehead atoms. The molecule has 1 unspecified atom stereocenters. The van der Waals surface area contributed by atoms with Crippen molar-refractivity contribution in [2.45, 2.75) is 38.2 Å². The molecule has 1 aromatic carbocycles. The first-order chi connectivity index (χ1) is 8.88. The van der Waals surface area contributed by atoms with Crippen LogP contribution in [0.2, 0.25) is 0 Å². The quantitative estimate of drug-likeness (QED) is 0.819. The summed E-state index contributed by atoms with van der Waals surface area (Å²) in [6.45, 7) is 3.02. The fraction of sp³-hybridized carbons (Fsp3) is 0.625. The summed E-state index contributed by atoms with van der Waals surface area (Å²) in [4.78, 5) is 0. The van der Waals surface area contributed by atoms with Crippen molar-refractivity contribution in [3.8, 4) is 0 Å². The van der Waals surface area contributed by atoms with Crippen LogP contribution in [0.5, 0.6) is 0 Å². The van der Waals surface area contributed by atoms with Crippen molar-refractivity contribution in [2.24, 2.45) is 5.41 Å². The van der Waals surface area contributed by atoms with Crippen LogP contribution in [-0.2, 0) is 4.74 Å². The SMILES string of the molecule is c1ccc(C2CNCC3(CCCCC3)CO2)cc1. The van der Waals surface area contributed by atoms with Gasteiger partial charge >= 0.3 is 0 Å². The molecule has 2 aliphatic rings. The lowest BCUT2D eigenvalue weighted by Crippen LogP contribution is -2.37. The highest BCUT2D eigenvalue weighted by molar-refractivity contribution is 5.18. The first-order valence-electron chi connectivity index (χ1n) is 7.25. The van der Waals surface area contributed by atoms with E-state index in [2.05, 4.69) is 35.6 Å². The van der Waals surface area contributed by atoms with Crippen molar-refractivity contribution in [1.29, 1.82) is 0 Å². The predicted molar refractivity (Wildman–Crippen MR) is 73.5 cm³/mol. The van der Waals surface area contributed by atoms with Crippen LogP contribution in [0.4, 0.5) is 0 Å². The summed E-state index contributed by atoms with van der Waals surface area (Å²) in [5, 5.41) is 3.63. The molecule has 98 valence electrons. The van der Waals surface area contributed by atoms with Crippen molar-refractivity contribution in [2.75, 3.05) is 19.7 Å². The number of hydrogen-bond donors (Lipinski definition) is 1. The van der Waals surface area contributed by atoms with Crippen LogP contribution >= 0.6 is 0 Å². The van der Waals surface area contributed by atoms with E-state index in [1.807, 2.05) is 0 Å². The Bertz CT molecular complexity index is 370. The molecular formula is C16H23NO. The van der Waals surface area contributed by atoms with E-state index in [4.69, 9.17) is 4.74 Å². The second kappa shape index (κ2) is 5.41. The molecule has 2 heteroatoms. The highest BCUT2D eigenvalue weighted by atomic mass is 16.5. The zero-order valence-electron chi connectivity index (χ0n) is 11.0. The lowest BCUT2D eigenvalue weighted by molar-refractivity contribution is -0.00140. The highest BCUT2D eigenvalue weighted by Crippen LogP contribution is 2.38. The minimum Gasteiger partial charge on any atom is -0.372 e. The summed E-state index contributed by atoms with van der Waals surface area (Å²) in [5.41, 5.74) is 1.72. The van der Waals surface area contributed by atoms with E-state index in [-0.39, 0.29) is 6.10 Å². The molecule has 1 atom stereocenters. The van der Waals surface area contributed by atoms with Gasteiger partial charge in [-0.15, -0.1) is 0 Å². The Balaban J connectivity index is 1.68. The average molecular weight is 245 g/mol. The Morgan fingerprint density at radius 1 is 1.06 bits per heavy atom. The molecule has 0 aromatic heterocycles. The van der Waals surface area contributed by atoms with Crippen LogP contribution in [0.1, 0.15) is 43.8 Å². The molecule has 18 heavy (non-hydrogen) atoms. The number of ether oxygens (including phenoxy) is 1. The average Bonchev–Trinajstić information content (AvgIpc) is 2.64. The minimum atomic E-state index is 0.229. The summed E-state index contributed by atoms with van der Waals surface area (Å²) >= 11 is 0. The second-order valence-electron chi connectivity index (χ2n) is 5.90. The number of hydrogen-bond acceptors (Lipinski definition) is 2. The first-order valence-corrected chi connectivity index (χ1v) is 7.25. The Morgan fingerprint density at radius 3 is 2.61 bits per heavy atom. The third-order valence-corrected chi connectivity index (χ3v) is 4.51. The van der Waals surface area contributed by atoms with E-state index in [0.29, 0.717) is 5.41 Å². The van der Waals surface area contributed by atoms with E-state index in [0.717, 1.165) is 19.7 Å². The summed E-state index contributed by atoms with van der Waals surface area (Å²) in [6, 6.07) is 10.6. The lowest BCUT2D eigenvalue weighted by Gasteiger charge is -2.35. The predicted octanol–water partition coefficient (Wildman–Crippen LogP) is 3.30. The van der Waals surface area contributed by atoms with Gasteiger partial charge in [-0.3, -0.25) is 0 Å². The Morgan fingerprint density at radius 2 is 1.83 bits per heavy atom. The topological polar surface area (TPSA) is 21.3 Å². The highest BCUT2D eigenvalue weighted by Gasteiger charge is 2.35. The standard InChI is InChI=1S/C16H23NO/c1-3-7-14(8-4-1)15-11-17-12-16(13-18-15)9-5-2-6-10-16/h1,3-4,7-8,15,17H,2,5-6,9-13H2. The van der Waals surface area contributed by atoms with Crippen LogP contribution in [0, 0.1) is 5.41 Å². The first kappa shape index (κ1) is 12.2. The zero-order chi connectivity index (χ0) is 12.3. The largest absolute Gasteiger partial charge is 0.372 e. The van der Waals surface area contributed by atoms with E-state index in [1.165, 1.54) is 37.7 Å². The molecule has 1 spiro atoms. The van der Waals surface area contributed by atoms with Crippen molar-refractivity contribution in [1.82, 2.24) is 5.32 Å². The van der Waals surface area contributed by atoms with Gasteiger partial charge in [0.1, 0.15) is 0 Å². The smallest absolute Gasteiger partial charge is 0.0949 e. The summed E-state index contributed by atoms with van der Waals surface area (Å²) in [7, 11) is 0. The van der Waals surface area contributed by atoms with Crippen molar-refractivity contribution in [3.63, 3.8) is 0 Å². The zero-order valence-corrected chi connectivity index (χ0v) is 11.0. The maximum atomic E-state index is 6.22. The second-order valence-corrected chi connectivity index (χ2v) is 5.90. The molecule has 1 aliphatic heterocycles. The third kappa shape index (κ3) is 2.60. The number of rotatable bonds is 1. The van der Waals surface area contributed by atoms with E-state index in [9.17, 15) is 0 Å². The Hall–Kier alpha value is -0.860. The fourth-order valence-corrected chi connectivity index (χ4v) is 3.36. The maximum Gasteiger partial charge on any atom is 0.0949 e. The molecule has 1 aromatic rings. The minimum absolute atomic E-state index is 0.229. The molecule has 1 saturated heterocycles. The molecule has 1 N–H and O–H groups in total. The van der Waals surface area contributed by atoms with Crippen LogP contribution in [0.15, 0.2) is 30.3 Å². The maximum absolute atomic E-state index is 6.22. The molecule has 1 aliphatic carbocycles.